The van der Waals surface area contributed by atoms with Gasteiger partial charge in [0.1, 0.15) is 0 Å². The molecule has 2 bridgehead atoms. The number of ketones is 1. The van der Waals surface area contributed by atoms with Crippen LogP contribution in [0.2, 0.25) is 0 Å². The fraction of sp³-hybridized carbons (Fsp3) is 0.146. The highest BCUT2D eigenvalue weighted by Gasteiger charge is 2.82. The second kappa shape index (κ2) is 9.83. The summed E-state index contributed by atoms with van der Waals surface area (Å²) in [6.45, 7) is 3.99. The highest BCUT2D eigenvalue weighted by atomic mass is 16.2. The lowest BCUT2D eigenvalue weighted by atomic mass is 9.59. The number of Topliss-reactive ketones (excluding diaryl/α,β-unsaturated/α-hetero) is 1. The zero-order valence-electron chi connectivity index (χ0n) is 25.1. The molecule has 8 rings (SSSR count). The summed E-state index contributed by atoms with van der Waals surface area (Å²) in [5.41, 5.74) is 4.64. The summed E-state index contributed by atoms with van der Waals surface area (Å²) in [5, 5.41) is 0. The molecule has 4 nitrogen and oxygen atoms in total. The lowest BCUT2D eigenvalue weighted by Crippen LogP contribution is -2.45. The summed E-state index contributed by atoms with van der Waals surface area (Å²) < 4.78 is 0. The maximum Gasteiger partial charge on any atom is 0.239 e. The number of aryl methyl sites for hydroxylation is 2. The standard InChI is InChI=1S/C41H31NO3/c1-26-23-24-32(25-27(26)2)42-37(43)35-36(38(42)44)41(31-21-13-6-14-22-31)34(29-17-9-4-10-18-29)33(28-15-7-3-8-16-28)40(35,39(41)45)30-19-11-5-12-20-30/h3-25,35-36H,1-2H3/t35-,36-,40+,41+/m1/s1. The number of carbonyl (C=O) groups is 3. The Morgan fingerprint density at radius 1 is 0.489 bits per heavy atom. The van der Waals surface area contributed by atoms with Crippen molar-refractivity contribution >= 4 is 34.4 Å². The zero-order chi connectivity index (χ0) is 30.9. The normalized spacial score (nSPS) is 25.3. The Hall–Kier alpha value is -5.35. The highest BCUT2D eigenvalue weighted by Crippen LogP contribution is 2.74. The van der Waals surface area contributed by atoms with Crippen LogP contribution in [0.1, 0.15) is 33.4 Å². The van der Waals surface area contributed by atoms with Gasteiger partial charge >= 0.3 is 0 Å². The second-order valence-corrected chi connectivity index (χ2v) is 12.4. The van der Waals surface area contributed by atoms with Crippen molar-refractivity contribution in [3.05, 3.63) is 173 Å². The summed E-state index contributed by atoms with van der Waals surface area (Å²) >= 11 is 0. The molecule has 2 fully saturated rings. The van der Waals surface area contributed by atoms with Crippen molar-refractivity contribution in [2.45, 2.75) is 24.7 Å². The molecule has 1 aliphatic heterocycles. The third-order valence-electron chi connectivity index (χ3n) is 10.3. The van der Waals surface area contributed by atoms with Crippen LogP contribution in [0.3, 0.4) is 0 Å². The Balaban J connectivity index is 1.55. The summed E-state index contributed by atoms with van der Waals surface area (Å²) in [6, 6.07) is 44.9. The number of amides is 2. The molecule has 0 radical (unpaired) electrons. The van der Waals surface area contributed by atoms with Crippen LogP contribution < -0.4 is 4.90 Å². The van der Waals surface area contributed by atoms with Crippen molar-refractivity contribution < 1.29 is 14.4 Å². The number of benzene rings is 5. The van der Waals surface area contributed by atoms with Crippen LogP contribution in [0.5, 0.6) is 0 Å². The minimum absolute atomic E-state index is 0.110. The van der Waals surface area contributed by atoms with Gasteiger partial charge in [0.2, 0.25) is 11.8 Å². The molecule has 218 valence electrons. The Kier molecular flexibility index (Phi) is 5.95. The van der Waals surface area contributed by atoms with E-state index in [0.29, 0.717) is 5.69 Å². The smallest absolute Gasteiger partial charge is 0.239 e. The van der Waals surface area contributed by atoms with Crippen molar-refractivity contribution in [1.82, 2.24) is 0 Å². The van der Waals surface area contributed by atoms with E-state index in [9.17, 15) is 0 Å². The van der Waals surface area contributed by atoms with Gasteiger partial charge in [0.25, 0.3) is 0 Å². The summed E-state index contributed by atoms with van der Waals surface area (Å²) in [7, 11) is 0. The predicted octanol–water partition coefficient (Wildman–Crippen LogP) is 7.49. The van der Waals surface area contributed by atoms with E-state index >= 15 is 14.4 Å². The Labute approximate surface area is 262 Å². The van der Waals surface area contributed by atoms with Crippen LogP contribution in [-0.4, -0.2) is 17.6 Å². The molecule has 45 heavy (non-hydrogen) atoms. The first kappa shape index (κ1) is 27.2. The largest absolute Gasteiger partial charge is 0.297 e. The average Bonchev–Trinajstić information content (AvgIpc) is 3.59. The monoisotopic (exact) mass is 585 g/mol. The first-order valence-electron chi connectivity index (χ1n) is 15.4. The van der Waals surface area contributed by atoms with Crippen LogP contribution in [0, 0.1) is 25.7 Å². The van der Waals surface area contributed by atoms with E-state index in [2.05, 4.69) is 0 Å². The second-order valence-electron chi connectivity index (χ2n) is 12.4. The topological polar surface area (TPSA) is 54.5 Å². The van der Waals surface area contributed by atoms with Crippen LogP contribution in [0.4, 0.5) is 5.69 Å². The molecule has 4 heteroatoms. The van der Waals surface area contributed by atoms with Gasteiger partial charge in [-0.15, -0.1) is 0 Å². The Bertz CT molecular complexity index is 1910. The van der Waals surface area contributed by atoms with Gasteiger partial charge in [0.15, 0.2) is 5.78 Å². The number of hydrogen-bond acceptors (Lipinski definition) is 3. The number of nitrogens with zero attached hydrogens (tertiary/aromatic N) is 1. The molecule has 0 spiro atoms. The van der Waals surface area contributed by atoms with E-state index in [-0.39, 0.29) is 17.6 Å². The van der Waals surface area contributed by atoms with Crippen molar-refractivity contribution in [1.29, 1.82) is 0 Å². The summed E-state index contributed by atoms with van der Waals surface area (Å²) in [6.07, 6.45) is 0. The molecule has 1 saturated heterocycles. The molecule has 2 amide bonds. The molecule has 0 unspecified atom stereocenters. The van der Waals surface area contributed by atoms with E-state index in [4.69, 9.17) is 0 Å². The SMILES string of the molecule is Cc1ccc(N2C(=O)[C@H]3[C@H](C2=O)[C@@]2(c4ccccc4)C(=O)[C@@]3(c3ccccc3)C(c3ccccc3)=C2c2ccccc2)cc1C. The Morgan fingerprint density at radius 3 is 1.29 bits per heavy atom. The van der Waals surface area contributed by atoms with Crippen molar-refractivity contribution in [3.63, 3.8) is 0 Å². The number of carbonyl (C=O) groups excluding carboxylic acids is 3. The molecular formula is C41H31NO3. The fourth-order valence-electron chi connectivity index (χ4n) is 8.45. The van der Waals surface area contributed by atoms with E-state index in [1.807, 2.05) is 153 Å². The molecule has 1 saturated carbocycles. The highest BCUT2D eigenvalue weighted by molar-refractivity contribution is 6.39. The van der Waals surface area contributed by atoms with Crippen LogP contribution in [0.25, 0.3) is 11.1 Å². The molecule has 2 aliphatic carbocycles. The van der Waals surface area contributed by atoms with Gasteiger partial charge in [-0.05, 0) is 70.5 Å². The summed E-state index contributed by atoms with van der Waals surface area (Å²) in [4.78, 5) is 47.3. The van der Waals surface area contributed by atoms with Gasteiger partial charge in [-0.25, -0.2) is 4.90 Å². The minimum Gasteiger partial charge on any atom is -0.297 e. The van der Waals surface area contributed by atoms with Gasteiger partial charge in [0, 0.05) is 0 Å². The molecular weight excluding hydrogens is 554 g/mol. The van der Waals surface area contributed by atoms with Gasteiger partial charge in [-0.3, -0.25) is 14.4 Å². The molecule has 0 aromatic heterocycles. The predicted molar refractivity (Wildman–Crippen MR) is 176 cm³/mol. The third-order valence-corrected chi connectivity index (χ3v) is 10.3. The van der Waals surface area contributed by atoms with Crippen LogP contribution in [0.15, 0.2) is 140 Å². The van der Waals surface area contributed by atoms with Crippen LogP contribution >= 0.6 is 0 Å². The number of hydrogen-bond donors (Lipinski definition) is 0. The number of imide groups is 1. The molecule has 0 N–H and O–H groups in total. The minimum atomic E-state index is -1.39. The Morgan fingerprint density at radius 2 is 0.889 bits per heavy atom. The molecule has 3 aliphatic rings. The lowest BCUT2D eigenvalue weighted by Gasteiger charge is -2.39. The zero-order valence-corrected chi connectivity index (χ0v) is 25.1. The van der Waals surface area contributed by atoms with Crippen LogP contribution in [-0.2, 0) is 25.2 Å². The van der Waals surface area contributed by atoms with Gasteiger partial charge < -0.3 is 0 Å². The molecule has 5 aromatic rings. The van der Waals surface area contributed by atoms with E-state index in [1.54, 1.807) is 0 Å². The molecule has 4 atom stereocenters. The first-order valence-corrected chi connectivity index (χ1v) is 15.4. The van der Waals surface area contributed by atoms with E-state index in [1.165, 1.54) is 4.90 Å². The maximum atomic E-state index is 15.9. The fourth-order valence-corrected chi connectivity index (χ4v) is 8.45. The lowest BCUT2D eigenvalue weighted by molar-refractivity contribution is -0.130. The number of fused-ring (bicyclic) bond motifs is 5. The number of anilines is 1. The van der Waals surface area contributed by atoms with Crippen molar-refractivity contribution in [2.75, 3.05) is 4.90 Å². The van der Waals surface area contributed by atoms with Crippen molar-refractivity contribution in [3.8, 4) is 0 Å². The summed E-state index contributed by atoms with van der Waals surface area (Å²) in [5.74, 6) is -2.62. The number of rotatable bonds is 5. The first-order chi connectivity index (χ1) is 21.9. The van der Waals surface area contributed by atoms with E-state index < -0.39 is 22.7 Å². The molecule has 1 heterocycles. The quantitative estimate of drug-likeness (QED) is 0.201. The van der Waals surface area contributed by atoms with E-state index in [0.717, 1.165) is 44.5 Å². The average molecular weight is 586 g/mol. The van der Waals surface area contributed by atoms with Gasteiger partial charge in [-0.1, -0.05) is 127 Å². The third kappa shape index (κ3) is 3.40. The van der Waals surface area contributed by atoms with Gasteiger partial charge in [-0.2, -0.15) is 0 Å². The maximum absolute atomic E-state index is 15.9. The molecule has 5 aromatic carbocycles. The van der Waals surface area contributed by atoms with Gasteiger partial charge in [0.05, 0.1) is 28.4 Å². The number of allylic oxidation sites excluding steroid dienone is 2. The van der Waals surface area contributed by atoms with Crippen molar-refractivity contribution in [2.24, 2.45) is 11.8 Å².